The van der Waals surface area contributed by atoms with Gasteiger partial charge < -0.3 is 9.84 Å². The summed E-state index contributed by atoms with van der Waals surface area (Å²) in [6.07, 6.45) is 0. The lowest BCUT2D eigenvalue weighted by atomic mass is 10.2. The lowest BCUT2D eigenvalue weighted by molar-refractivity contribution is 0.102. The maximum Gasteiger partial charge on any atom is 0.255 e. The summed E-state index contributed by atoms with van der Waals surface area (Å²) in [5.41, 5.74) is 1.29. The molecule has 0 atom stereocenters. The van der Waals surface area contributed by atoms with Gasteiger partial charge in [-0.05, 0) is 37.3 Å². The molecule has 2 heterocycles. The van der Waals surface area contributed by atoms with Gasteiger partial charge in [-0.2, -0.15) is 4.98 Å². The fraction of sp³-hybridized carbons (Fsp3) is 0.133. The third-order valence-electron chi connectivity index (χ3n) is 3.02. The molecular weight excluding hydrogens is 322 g/mol. The number of nitrogens with one attached hydrogen (secondary N) is 1. The van der Waals surface area contributed by atoms with Gasteiger partial charge in [-0.1, -0.05) is 16.8 Å². The number of rotatable bonds is 3. The number of nitrogens with zero attached hydrogens (tertiary/aromatic N) is 2. The standard InChI is InChI=1S/C15H12ClN3O2S/c1-8-12(7-13(22-8)14-17-9(2)21-19-14)18-15(20)10-3-5-11(16)6-4-10/h3-7H,1-2H3,(H,18,20). The number of aryl methyl sites for hydroxylation is 2. The summed E-state index contributed by atoms with van der Waals surface area (Å²) in [6, 6.07) is 8.58. The molecule has 1 aromatic carbocycles. The van der Waals surface area contributed by atoms with E-state index in [2.05, 4.69) is 15.5 Å². The van der Waals surface area contributed by atoms with Crippen molar-refractivity contribution in [3.8, 4) is 10.7 Å². The Hall–Kier alpha value is -2.18. The molecule has 2 aromatic heterocycles. The lowest BCUT2D eigenvalue weighted by Gasteiger charge is -2.04. The van der Waals surface area contributed by atoms with Gasteiger partial charge in [-0.15, -0.1) is 11.3 Å². The largest absolute Gasteiger partial charge is 0.339 e. The molecule has 7 heteroatoms. The van der Waals surface area contributed by atoms with E-state index in [4.69, 9.17) is 16.1 Å². The predicted octanol–water partition coefficient (Wildman–Crippen LogP) is 4.32. The van der Waals surface area contributed by atoms with Crippen LogP contribution in [-0.4, -0.2) is 16.0 Å². The van der Waals surface area contributed by atoms with E-state index in [0.717, 1.165) is 15.4 Å². The molecular formula is C15H12ClN3O2S. The Kier molecular flexibility index (Phi) is 3.96. The summed E-state index contributed by atoms with van der Waals surface area (Å²) in [4.78, 5) is 18.2. The van der Waals surface area contributed by atoms with Crippen molar-refractivity contribution in [2.45, 2.75) is 13.8 Å². The normalized spacial score (nSPS) is 10.7. The molecule has 0 spiro atoms. The van der Waals surface area contributed by atoms with Crippen LogP contribution in [-0.2, 0) is 0 Å². The van der Waals surface area contributed by atoms with E-state index >= 15 is 0 Å². The Labute approximate surface area is 135 Å². The molecule has 0 saturated carbocycles. The highest BCUT2D eigenvalue weighted by Crippen LogP contribution is 2.33. The highest BCUT2D eigenvalue weighted by atomic mass is 35.5. The Bertz CT molecular complexity index is 824. The van der Waals surface area contributed by atoms with Gasteiger partial charge in [0.15, 0.2) is 0 Å². The van der Waals surface area contributed by atoms with Crippen LogP contribution in [0.25, 0.3) is 10.7 Å². The van der Waals surface area contributed by atoms with E-state index in [1.165, 1.54) is 11.3 Å². The molecule has 0 bridgehead atoms. The van der Waals surface area contributed by atoms with Crippen molar-refractivity contribution in [1.82, 2.24) is 10.1 Å². The summed E-state index contributed by atoms with van der Waals surface area (Å²) >= 11 is 7.32. The number of amides is 1. The Morgan fingerprint density at radius 2 is 2.00 bits per heavy atom. The van der Waals surface area contributed by atoms with Gasteiger partial charge in [0, 0.05) is 22.4 Å². The molecule has 0 saturated heterocycles. The molecule has 22 heavy (non-hydrogen) atoms. The molecule has 0 aliphatic carbocycles. The summed E-state index contributed by atoms with van der Waals surface area (Å²) in [5.74, 6) is 0.846. The zero-order valence-corrected chi connectivity index (χ0v) is 13.5. The number of halogens is 1. The minimum absolute atomic E-state index is 0.187. The predicted molar refractivity (Wildman–Crippen MR) is 86.5 cm³/mol. The SMILES string of the molecule is Cc1nc(-c2cc(NC(=O)c3ccc(Cl)cc3)c(C)s2)no1. The van der Waals surface area contributed by atoms with Gasteiger partial charge >= 0.3 is 0 Å². The summed E-state index contributed by atoms with van der Waals surface area (Å²) < 4.78 is 4.98. The maximum atomic E-state index is 12.2. The van der Waals surface area contributed by atoms with Crippen molar-refractivity contribution in [2.24, 2.45) is 0 Å². The van der Waals surface area contributed by atoms with Crippen LogP contribution in [0, 0.1) is 13.8 Å². The average molecular weight is 334 g/mol. The first-order valence-corrected chi connectivity index (χ1v) is 7.70. The van der Waals surface area contributed by atoms with Crippen molar-refractivity contribution >= 4 is 34.5 Å². The molecule has 112 valence electrons. The molecule has 0 aliphatic heterocycles. The zero-order chi connectivity index (χ0) is 15.7. The number of hydrogen-bond donors (Lipinski definition) is 1. The van der Waals surface area contributed by atoms with Gasteiger partial charge in [0.25, 0.3) is 5.91 Å². The van der Waals surface area contributed by atoms with Crippen LogP contribution < -0.4 is 5.32 Å². The van der Waals surface area contributed by atoms with Crippen molar-refractivity contribution in [2.75, 3.05) is 5.32 Å². The first-order chi connectivity index (χ1) is 10.5. The second-order valence-electron chi connectivity index (χ2n) is 4.68. The summed E-state index contributed by atoms with van der Waals surface area (Å²) in [6.45, 7) is 3.67. The Balaban J connectivity index is 1.82. The number of thiophene rings is 1. The fourth-order valence-corrected chi connectivity index (χ4v) is 2.94. The van der Waals surface area contributed by atoms with Gasteiger partial charge in [0.1, 0.15) is 0 Å². The number of anilines is 1. The van der Waals surface area contributed by atoms with Gasteiger partial charge in [-0.25, -0.2) is 0 Å². The molecule has 0 unspecified atom stereocenters. The topological polar surface area (TPSA) is 68.0 Å². The quantitative estimate of drug-likeness (QED) is 0.775. The van der Waals surface area contributed by atoms with Crippen LogP contribution in [0.15, 0.2) is 34.9 Å². The summed E-state index contributed by atoms with van der Waals surface area (Å²) in [5, 5.41) is 7.36. The molecule has 3 aromatic rings. The van der Waals surface area contributed by atoms with Crippen LogP contribution in [0.3, 0.4) is 0 Å². The van der Waals surface area contributed by atoms with E-state index in [1.54, 1.807) is 31.2 Å². The van der Waals surface area contributed by atoms with E-state index in [1.807, 2.05) is 13.0 Å². The highest BCUT2D eigenvalue weighted by Gasteiger charge is 2.14. The molecule has 0 aliphatic rings. The number of carbonyl (C=O) groups is 1. The van der Waals surface area contributed by atoms with E-state index < -0.39 is 0 Å². The van der Waals surface area contributed by atoms with Gasteiger partial charge in [0.2, 0.25) is 11.7 Å². The Morgan fingerprint density at radius 1 is 1.27 bits per heavy atom. The van der Waals surface area contributed by atoms with Crippen LogP contribution in [0.2, 0.25) is 5.02 Å². The molecule has 3 rings (SSSR count). The number of aromatic nitrogens is 2. The van der Waals surface area contributed by atoms with Crippen LogP contribution in [0.4, 0.5) is 5.69 Å². The minimum atomic E-state index is -0.187. The lowest BCUT2D eigenvalue weighted by Crippen LogP contribution is -2.11. The Morgan fingerprint density at radius 3 is 2.64 bits per heavy atom. The van der Waals surface area contributed by atoms with Crippen molar-refractivity contribution in [3.63, 3.8) is 0 Å². The van der Waals surface area contributed by atoms with Crippen molar-refractivity contribution in [3.05, 3.63) is 51.7 Å². The molecule has 0 radical (unpaired) electrons. The molecule has 5 nitrogen and oxygen atoms in total. The van der Waals surface area contributed by atoms with Crippen LogP contribution in [0.1, 0.15) is 21.1 Å². The number of hydrogen-bond acceptors (Lipinski definition) is 5. The second-order valence-corrected chi connectivity index (χ2v) is 6.37. The molecule has 0 fully saturated rings. The van der Waals surface area contributed by atoms with E-state index in [9.17, 15) is 4.79 Å². The highest BCUT2D eigenvalue weighted by molar-refractivity contribution is 7.16. The van der Waals surface area contributed by atoms with E-state index in [-0.39, 0.29) is 5.91 Å². The molecule has 1 amide bonds. The number of benzene rings is 1. The monoisotopic (exact) mass is 333 g/mol. The van der Waals surface area contributed by atoms with Gasteiger partial charge in [0.05, 0.1) is 10.6 Å². The zero-order valence-electron chi connectivity index (χ0n) is 11.9. The average Bonchev–Trinajstić information content (AvgIpc) is 3.06. The van der Waals surface area contributed by atoms with Gasteiger partial charge in [-0.3, -0.25) is 4.79 Å². The smallest absolute Gasteiger partial charge is 0.255 e. The molecule has 1 N–H and O–H groups in total. The number of carbonyl (C=O) groups excluding carboxylic acids is 1. The maximum absolute atomic E-state index is 12.2. The van der Waals surface area contributed by atoms with Crippen molar-refractivity contribution in [1.29, 1.82) is 0 Å². The second kappa shape index (κ2) is 5.90. The van der Waals surface area contributed by atoms with Crippen LogP contribution in [0.5, 0.6) is 0 Å². The third-order valence-corrected chi connectivity index (χ3v) is 4.32. The first-order valence-electron chi connectivity index (χ1n) is 6.51. The third kappa shape index (κ3) is 3.03. The summed E-state index contributed by atoms with van der Waals surface area (Å²) in [7, 11) is 0. The van der Waals surface area contributed by atoms with E-state index in [0.29, 0.717) is 22.3 Å². The first kappa shape index (κ1) is 14.7. The van der Waals surface area contributed by atoms with Crippen LogP contribution >= 0.6 is 22.9 Å². The fourth-order valence-electron chi connectivity index (χ4n) is 1.91. The minimum Gasteiger partial charge on any atom is -0.339 e. The van der Waals surface area contributed by atoms with Crippen molar-refractivity contribution < 1.29 is 9.32 Å².